The first-order valence-electron chi connectivity index (χ1n) is 45.9. The first kappa shape index (κ1) is 84.0. The van der Waals surface area contributed by atoms with Gasteiger partial charge in [0.2, 0.25) is 0 Å². The molecule has 0 saturated carbocycles. The Bertz CT molecular complexity index is 8580. The molecule has 29 rings (SSSR count). The Morgan fingerprint density at radius 3 is 1.41 bits per heavy atom. The number of imidazole rings is 4. The molecule has 0 fully saturated rings. The van der Waals surface area contributed by atoms with Gasteiger partial charge in [0.05, 0.1) is 22.1 Å². The third-order valence-corrected chi connectivity index (χ3v) is 29.0. The molecule has 14 heteroatoms. The first-order valence-corrected chi connectivity index (χ1v) is 45.9. The number of hydrogen-bond acceptors (Lipinski definition) is 4. The fourth-order valence-electron chi connectivity index (χ4n) is 23.7. The minimum absolute atomic E-state index is 0. The molecule has 0 aliphatic carbocycles. The Kier molecular flexibility index (Phi) is 20.5. The van der Waals surface area contributed by atoms with Gasteiger partial charge >= 0.3 is 0 Å². The van der Waals surface area contributed by atoms with Gasteiger partial charge in [-0.25, -0.2) is 9.13 Å². The van der Waals surface area contributed by atoms with E-state index in [1.807, 2.05) is 85.2 Å². The molecule has 0 unspecified atom stereocenters. The van der Waals surface area contributed by atoms with E-state index in [-0.39, 0.29) is 51.0 Å². The van der Waals surface area contributed by atoms with Gasteiger partial charge in [-0.2, -0.15) is 67.5 Å². The Morgan fingerprint density at radius 1 is 0.356 bits per heavy atom. The maximum Gasteiger partial charge on any atom is 0.295 e. The molecule has 6 aliphatic rings. The van der Waals surface area contributed by atoms with Crippen molar-refractivity contribution in [1.29, 1.82) is 0 Å². The van der Waals surface area contributed by atoms with Crippen molar-refractivity contribution in [2.75, 3.05) is 0 Å². The minimum atomic E-state index is 0. The third kappa shape index (κ3) is 12.9. The maximum atomic E-state index is 5.03. The van der Waals surface area contributed by atoms with Crippen LogP contribution in [0.2, 0.25) is 0 Å². The van der Waals surface area contributed by atoms with Gasteiger partial charge in [-0.1, -0.05) is 178 Å². The van der Waals surface area contributed by atoms with Crippen molar-refractivity contribution < 1.29 is 49.0 Å². The summed E-state index contributed by atoms with van der Waals surface area (Å²) in [7, 11) is 0. The minimum Gasteiger partial charge on any atom is -0.336 e. The van der Waals surface area contributed by atoms with Gasteiger partial charge in [0, 0.05) is 180 Å². The van der Waals surface area contributed by atoms with Crippen molar-refractivity contribution in [2.45, 2.75) is 146 Å². The number of benzene rings is 13. The fourth-order valence-corrected chi connectivity index (χ4v) is 23.7. The molecule has 0 saturated heterocycles. The van der Waals surface area contributed by atoms with E-state index in [1.54, 1.807) is 21.8 Å². The summed E-state index contributed by atoms with van der Waals surface area (Å²) in [4.78, 5) is 9.95. The summed E-state index contributed by atoms with van der Waals surface area (Å²) in [5, 5.41) is 24.1. The van der Waals surface area contributed by atoms with E-state index in [2.05, 4.69) is 326 Å². The quantitative estimate of drug-likeness (QED) is 0.0976. The Morgan fingerprint density at radius 2 is 0.841 bits per heavy atom. The van der Waals surface area contributed by atoms with Gasteiger partial charge in [0.25, 0.3) is 11.3 Å². The molecule has 0 N–H and O–H groups in total. The number of aryl methyl sites for hydroxylation is 10. The van der Waals surface area contributed by atoms with E-state index in [9.17, 15) is 0 Å². The number of pyridine rings is 4. The van der Waals surface area contributed by atoms with Crippen LogP contribution in [-0.4, -0.2) is 47.5 Å². The smallest absolute Gasteiger partial charge is 0.295 e. The topological polar surface area (TPSA) is 88.3 Å². The number of fused-ring (bicyclic) bond motifs is 8. The van der Waals surface area contributed by atoms with Crippen LogP contribution in [0, 0.1) is 79.7 Å². The molecule has 6 aliphatic heterocycles. The van der Waals surface area contributed by atoms with Crippen LogP contribution >= 0.6 is 0 Å². The van der Waals surface area contributed by atoms with Crippen LogP contribution in [-0.2, 0) is 103 Å². The number of para-hydroxylation sites is 3. The van der Waals surface area contributed by atoms with Gasteiger partial charge in [-0.05, 0) is 186 Å². The fraction of sp³-hybridized carbons (Fsp3) is 0.186. The summed E-state index contributed by atoms with van der Waals surface area (Å²) in [6.07, 6.45) is 13.9. The van der Waals surface area contributed by atoms with Crippen molar-refractivity contribution in [3.63, 3.8) is 0 Å². The summed E-state index contributed by atoms with van der Waals surface area (Å²) in [5.41, 5.74) is 45.8. The molecule has 12 nitrogen and oxygen atoms in total. The summed E-state index contributed by atoms with van der Waals surface area (Å²) in [6, 6.07) is 104. The van der Waals surface area contributed by atoms with Crippen molar-refractivity contribution >= 4 is 109 Å². The average molecular weight is 2070 g/mol. The number of hydrogen-bond donors (Lipinski definition) is 0. The second-order valence-corrected chi connectivity index (χ2v) is 37.8. The Hall–Kier alpha value is -13.6. The predicted molar refractivity (Wildman–Crippen MR) is 529 cm³/mol. The summed E-state index contributed by atoms with van der Waals surface area (Å²) < 4.78 is 18.7. The Balaban J connectivity index is 0.0000000952. The monoisotopic (exact) mass is 2070 g/mol. The molecule has 13 aromatic carbocycles. The van der Waals surface area contributed by atoms with Gasteiger partial charge < -0.3 is 8.80 Å². The van der Waals surface area contributed by atoms with Crippen LogP contribution in [0.5, 0.6) is 0 Å². The van der Waals surface area contributed by atoms with Crippen LogP contribution in [0.4, 0.5) is 0 Å². The normalized spacial score (nSPS) is 13.8. The van der Waals surface area contributed by atoms with Gasteiger partial charge in [-0.3, -0.25) is 19.3 Å². The molecule has 0 bridgehead atoms. The maximum absolute atomic E-state index is 5.03. The van der Waals surface area contributed by atoms with Crippen LogP contribution in [0.3, 0.4) is 0 Å². The molecule has 10 aromatic heterocycles. The van der Waals surface area contributed by atoms with Crippen molar-refractivity contribution in [2.24, 2.45) is 0 Å². The van der Waals surface area contributed by atoms with Crippen molar-refractivity contribution in [3.8, 4) is 44.8 Å². The molecule has 0 spiro atoms. The van der Waals surface area contributed by atoms with E-state index < -0.39 is 0 Å². The number of rotatable bonds is 5. The SMILES string of the molecule is Cc1cccc(C)c1-c1cc2c3c(c1)c1cccc4c1c1n(c(C)c([n+]31)CC2)C4.Cc1cccc(C)c1-c1ccc2c3cccc4c3c3n(c(C)c5[n+]3c2c1CC5)C4.Cc1nc2c3[c-]cccc3c3c(-c4ccccc4)ccc4c3n2c1C(C)(C)C4.Cc1nc2c3[c-]cccc3c3cccc4c3n2c1C(C)(C)C4.[Ir].[Ir].[c-]1ccccc1-n1cccn1.[c-]1ccccc1-n1cccn1. The van der Waals surface area contributed by atoms with E-state index in [4.69, 9.17) is 9.97 Å². The van der Waals surface area contributed by atoms with Gasteiger partial charge in [-0.15, -0.1) is 71.4 Å². The molecule has 0 amide bonds. The largest absolute Gasteiger partial charge is 0.336 e. The van der Waals surface area contributed by atoms with Crippen LogP contribution in [0.1, 0.15) is 129 Å². The van der Waals surface area contributed by atoms with Gasteiger partial charge in [0.1, 0.15) is 35.5 Å². The van der Waals surface area contributed by atoms with E-state index in [0.29, 0.717) is 0 Å². The van der Waals surface area contributed by atoms with E-state index in [1.165, 1.54) is 210 Å². The number of aromatic nitrogens is 12. The summed E-state index contributed by atoms with van der Waals surface area (Å²) >= 11 is 0. The second kappa shape index (κ2) is 32.2. The number of nitrogens with zero attached hydrogens (tertiary/aromatic N) is 12. The molecule has 650 valence electrons. The second-order valence-electron chi connectivity index (χ2n) is 37.8. The van der Waals surface area contributed by atoms with Crippen molar-refractivity contribution in [1.82, 2.24) is 47.5 Å². The van der Waals surface area contributed by atoms with Crippen molar-refractivity contribution in [3.05, 3.63) is 405 Å². The molecule has 132 heavy (non-hydrogen) atoms. The van der Waals surface area contributed by atoms with E-state index >= 15 is 0 Å². The molecule has 0 atom stereocenters. The summed E-state index contributed by atoms with van der Waals surface area (Å²) in [5.74, 6) is 0. The van der Waals surface area contributed by atoms with E-state index in [0.717, 1.165) is 96.4 Å². The van der Waals surface area contributed by atoms with Gasteiger partial charge in [0.15, 0.2) is 11.4 Å². The predicted octanol–water partition coefficient (Wildman–Crippen LogP) is 25.3. The molecule has 16 heterocycles. The Labute approximate surface area is 794 Å². The molecule has 23 aromatic rings. The zero-order valence-corrected chi connectivity index (χ0v) is 81.0. The summed E-state index contributed by atoms with van der Waals surface area (Å²) in [6.45, 7) is 29.2. The standard InChI is InChI=1S/2C27H23N2.C26H21N2.C20H17N2.2C9H7N2.2Ir/c1-15-6-4-7-16(2)24(15)20-12-18-10-11-23-17(3)28-14-19-8-5-9-21-22(13-20)26(18)29(23)27(28)25(19)21;1-15-6-4-7-16(2)24(15)20-10-11-21-19-9-5-8-18-14-28-17(3)23-13-12-22(20)26(21)29(23)27(28)25(18)19;1-16-24-26(2,3)15-18-13-14-19(17-9-5-4-6-10-17)22-20-11-7-8-12-21(20)25(27-16)28(24)23(18)22;1-12-18-20(2,3)11-13-7-6-10-15-14-8-4-5-9-16(14)19(21-12)22(18)17(13)15;2*1-2-5-9(6-3-1)11-8-4-7-10-11;;/h4-9,12-13H,10-11,14H2,1-3H3;4-11H,12-14H2,1-3H3;4-11,13-14H,15H2,1-3H3;4-8,10H,11H2,1-3H3;2*1-5,7-8H;;/q2*+1;4*-1;;. The zero-order valence-electron chi connectivity index (χ0n) is 76.2. The van der Waals surface area contributed by atoms with Crippen LogP contribution in [0.25, 0.3) is 154 Å². The molecule has 2 radical (unpaired) electrons. The van der Waals surface area contributed by atoms with Crippen LogP contribution < -0.4 is 8.80 Å². The third-order valence-electron chi connectivity index (χ3n) is 29.0. The molecular weight excluding hydrogens is 1970 g/mol. The average Bonchev–Trinajstić information content (AvgIpc) is 1.51. The first-order chi connectivity index (χ1) is 63.3. The molecular formula is C118H98Ir2N12-2. The van der Waals surface area contributed by atoms with Crippen LogP contribution in [0.15, 0.2) is 280 Å². The zero-order chi connectivity index (χ0) is 88.0.